The van der Waals surface area contributed by atoms with Crippen molar-refractivity contribution in [1.82, 2.24) is 9.97 Å². The zero-order valence-electron chi connectivity index (χ0n) is 21.3. The van der Waals surface area contributed by atoms with Crippen molar-refractivity contribution in [1.29, 1.82) is 0 Å². The fourth-order valence-corrected chi connectivity index (χ4v) is 4.24. The first-order valence-electron chi connectivity index (χ1n) is 12.5. The van der Waals surface area contributed by atoms with Crippen molar-refractivity contribution >= 4 is 34.7 Å². The van der Waals surface area contributed by atoms with E-state index >= 15 is 0 Å². The smallest absolute Gasteiger partial charge is 0.236 e. The van der Waals surface area contributed by atoms with Crippen LogP contribution in [0.15, 0.2) is 115 Å². The molecule has 1 amide bonds. The van der Waals surface area contributed by atoms with E-state index in [-0.39, 0.29) is 5.91 Å². The molecule has 5 aromatic rings. The van der Waals surface area contributed by atoms with Crippen LogP contribution in [0, 0.1) is 13.8 Å². The van der Waals surface area contributed by atoms with Gasteiger partial charge in [-0.05, 0) is 61.4 Å². The molecule has 0 aliphatic rings. The van der Waals surface area contributed by atoms with Crippen LogP contribution in [0.4, 0.5) is 28.8 Å². The number of carbonyl (C=O) groups is 1. The minimum Gasteiger partial charge on any atom is -0.340 e. The summed E-state index contributed by atoms with van der Waals surface area (Å²) in [6.45, 7) is 3.98. The summed E-state index contributed by atoms with van der Waals surface area (Å²) in [6, 6.07) is 37.2. The van der Waals surface area contributed by atoms with Crippen molar-refractivity contribution in [3.8, 4) is 0 Å². The molecule has 5 rings (SSSR count). The molecule has 0 bridgehead atoms. The van der Waals surface area contributed by atoms with Gasteiger partial charge in [0.15, 0.2) is 0 Å². The number of carbonyl (C=O) groups excluding carboxylic acids is 1. The first-order valence-corrected chi connectivity index (χ1v) is 12.5. The third-order valence-corrected chi connectivity index (χ3v) is 6.11. The van der Waals surface area contributed by atoms with Crippen molar-refractivity contribution in [2.75, 3.05) is 16.0 Å². The third kappa shape index (κ3) is 6.23. The lowest BCUT2D eigenvalue weighted by molar-refractivity contribution is -0.116. The molecule has 0 saturated carbocycles. The summed E-state index contributed by atoms with van der Waals surface area (Å²) >= 11 is 0. The van der Waals surface area contributed by atoms with E-state index in [1.165, 1.54) is 5.56 Å². The van der Waals surface area contributed by atoms with Crippen LogP contribution < -0.4 is 16.0 Å². The lowest BCUT2D eigenvalue weighted by Crippen LogP contribution is -2.22. The lowest BCUT2D eigenvalue weighted by Gasteiger charge is -2.18. The van der Waals surface area contributed by atoms with Crippen molar-refractivity contribution in [3.05, 3.63) is 138 Å². The Morgan fingerprint density at radius 2 is 1.16 bits per heavy atom. The quantitative estimate of drug-likeness (QED) is 0.208. The van der Waals surface area contributed by atoms with Crippen LogP contribution in [-0.2, 0) is 4.79 Å². The van der Waals surface area contributed by atoms with Gasteiger partial charge in [-0.15, -0.1) is 0 Å². The molecule has 0 saturated heterocycles. The van der Waals surface area contributed by atoms with Crippen LogP contribution >= 0.6 is 0 Å². The average Bonchev–Trinajstić information content (AvgIpc) is 2.92. The van der Waals surface area contributed by atoms with Gasteiger partial charge < -0.3 is 16.0 Å². The molecule has 0 radical (unpaired) electrons. The first kappa shape index (κ1) is 24.7. The maximum Gasteiger partial charge on any atom is 0.236 e. The molecule has 188 valence electrons. The fourth-order valence-electron chi connectivity index (χ4n) is 4.24. The van der Waals surface area contributed by atoms with Gasteiger partial charge in [0.2, 0.25) is 11.9 Å². The summed E-state index contributed by atoms with van der Waals surface area (Å²) < 4.78 is 0. The second-order valence-electron chi connectivity index (χ2n) is 9.16. The summed E-state index contributed by atoms with van der Waals surface area (Å²) in [5, 5.41) is 9.67. The average molecular weight is 500 g/mol. The number of rotatable bonds is 8. The Labute approximate surface area is 222 Å². The van der Waals surface area contributed by atoms with Gasteiger partial charge in [0.1, 0.15) is 5.82 Å². The second kappa shape index (κ2) is 11.4. The van der Waals surface area contributed by atoms with E-state index < -0.39 is 5.92 Å². The fraction of sp³-hybridized carbons (Fsp3) is 0.0938. The Bertz CT molecular complexity index is 1460. The van der Waals surface area contributed by atoms with Gasteiger partial charge in [-0.3, -0.25) is 4.79 Å². The van der Waals surface area contributed by atoms with Gasteiger partial charge in [-0.25, -0.2) is 4.98 Å². The second-order valence-corrected chi connectivity index (χ2v) is 9.16. The number of benzene rings is 4. The van der Waals surface area contributed by atoms with E-state index in [1.807, 2.05) is 122 Å². The van der Waals surface area contributed by atoms with Crippen molar-refractivity contribution in [2.45, 2.75) is 19.8 Å². The predicted octanol–water partition coefficient (Wildman–Crippen LogP) is 7.35. The molecule has 0 unspecified atom stereocenters. The number of amides is 1. The zero-order valence-corrected chi connectivity index (χ0v) is 21.3. The molecule has 0 spiro atoms. The molecular formula is C32H29N5O. The van der Waals surface area contributed by atoms with Crippen LogP contribution in [0.5, 0.6) is 0 Å². The highest BCUT2D eigenvalue weighted by Crippen LogP contribution is 2.27. The highest BCUT2D eigenvalue weighted by molar-refractivity contribution is 5.98. The molecular weight excluding hydrogens is 470 g/mol. The van der Waals surface area contributed by atoms with Gasteiger partial charge >= 0.3 is 0 Å². The molecule has 6 heteroatoms. The van der Waals surface area contributed by atoms with Gasteiger partial charge in [0.25, 0.3) is 0 Å². The number of anilines is 5. The van der Waals surface area contributed by atoms with Crippen LogP contribution in [0.25, 0.3) is 0 Å². The Hall–Kier alpha value is -4.97. The highest BCUT2D eigenvalue weighted by Gasteiger charge is 2.22. The molecule has 3 N–H and O–H groups in total. The number of nitrogens with zero attached hydrogens (tertiary/aromatic N) is 2. The number of aromatic nitrogens is 2. The topological polar surface area (TPSA) is 78.9 Å². The Kier molecular flexibility index (Phi) is 7.41. The van der Waals surface area contributed by atoms with E-state index in [0.717, 1.165) is 33.9 Å². The van der Waals surface area contributed by atoms with E-state index in [4.69, 9.17) is 0 Å². The monoisotopic (exact) mass is 499 g/mol. The van der Waals surface area contributed by atoms with Crippen LogP contribution in [0.1, 0.15) is 28.3 Å². The minimum absolute atomic E-state index is 0.0821. The molecule has 0 aliphatic heterocycles. The third-order valence-electron chi connectivity index (χ3n) is 6.11. The van der Waals surface area contributed by atoms with E-state index in [0.29, 0.717) is 11.8 Å². The Balaban J connectivity index is 1.29. The summed E-state index contributed by atoms with van der Waals surface area (Å²) in [6.07, 6.45) is 0. The Morgan fingerprint density at radius 3 is 1.76 bits per heavy atom. The SMILES string of the molecule is Cc1ccc(Nc2nc(C)cc(Nc3ccc(NC(=O)C(c4ccccc4)c4ccccc4)cc3)n2)cc1. The van der Waals surface area contributed by atoms with E-state index in [2.05, 4.69) is 32.8 Å². The number of hydrogen-bond donors (Lipinski definition) is 3. The highest BCUT2D eigenvalue weighted by atomic mass is 16.1. The number of hydrogen-bond acceptors (Lipinski definition) is 5. The molecule has 1 heterocycles. The summed E-state index contributed by atoms with van der Waals surface area (Å²) in [4.78, 5) is 22.5. The molecule has 38 heavy (non-hydrogen) atoms. The largest absolute Gasteiger partial charge is 0.340 e. The van der Waals surface area contributed by atoms with Crippen molar-refractivity contribution in [3.63, 3.8) is 0 Å². The minimum atomic E-state index is -0.404. The molecule has 4 aromatic carbocycles. The van der Waals surface area contributed by atoms with E-state index in [1.54, 1.807) is 0 Å². The maximum absolute atomic E-state index is 13.4. The van der Waals surface area contributed by atoms with Crippen LogP contribution in [0.2, 0.25) is 0 Å². The molecule has 1 aromatic heterocycles. The van der Waals surface area contributed by atoms with Crippen LogP contribution in [0.3, 0.4) is 0 Å². The number of aryl methyl sites for hydroxylation is 2. The molecule has 0 fully saturated rings. The molecule has 0 aliphatic carbocycles. The summed E-state index contributed by atoms with van der Waals surface area (Å²) in [7, 11) is 0. The van der Waals surface area contributed by atoms with Crippen LogP contribution in [-0.4, -0.2) is 15.9 Å². The standard InChI is InChI=1S/C32H29N5O/c1-22-13-15-28(16-14-22)36-32-33-23(2)21-29(37-32)34-26-17-19-27(20-18-26)35-31(38)30(24-9-5-3-6-10-24)25-11-7-4-8-12-25/h3-21,30H,1-2H3,(H,35,38)(H2,33,34,36,37). The van der Waals surface area contributed by atoms with Gasteiger partial charge in [0, 0.05) is 28.8 Å². The van der Waals surface area contributed by atoms with Crippen molar-refractivity contribution < 1.29 is 4.79 Å². The van der Waals surface area contributed by atoms with E-state index in [9.17, 15) is 4.79 Å². The molecule has 0 atom stereocenters. The predicted molar refractivity (Wildman–Crippen MR) is 154 cm³/mol. The van der Waals surface area contributed by atoms with Gasteiger partial charge in [-0.1, -0.05) is 78.4 Å². The molecule has 6 nitrogen and oxygen atoms in total. The first-order chi connectivity index (χ1) is 18.5. The lowest BCUT2D eigenvalue weighted by atomic mass is 9.90. The zero-order chi connectivity index (χ0) is 26.3. The normalized spacial score (nSPS) is 10.7. The van der Waals surface area contributed by atoms with Gasteiger partial charge in [0.05, 0.1) is 5.92 Å². The van der Waals surface area contributed by atoms with Crippen molar-refractivity contribution in [2.24, 2.45) is 0 Å². The summed E-state index contributed by atoms with van der Waals surface area (Å²) in [5.41, 5.74) is 6.43. The summed E-state index contributed by atoms with van der Waals surface area (Å²) in [5.74, 6) is 0.713. The number of nitrogens with one attached hydrogen (secondary N) is 3. The van der Waals surface area contributed by atoms with Gasteiger partial charge in [-0.2, -0.15) is 4.98 Å². The maximum atomic E-state index is 13.4. The Morgan fingerprint density at radius 1 is 0.632 bits per heavy atom.